The van der Waals surface area contributed by atoms with E-state index < -0.39 is 0 Å². The van der Waals surface area contributed by atoms with Gasteiger partial charge in [0, 0.05) is 30.7 Å². The highest BCUT2D eigenvalue weighted by molar-refractivity contribution is 7.98. The van der Waals surface area contributed by atoms with Crippen LogP contribution in [0.15, 0.2) is 34.3 Å². The van der Waals surface area contributed by atoms with Crippen LogP contribution in [0.5, 0.6) is 0 Å². The van der Waals surface area contributed by atoms with Crippen LogP contribution < -0.4 is 0 Å². The molecule has 0 unspecified atom stereocenters. The van der Waals surface area contributed by atoms with Crippen molar-refractivity contribution < 1.29 is 19.0 Å². The maximum absolute atomic E-state index is 5.62. The van der Waals surface area contributed by atoms with E-state index in [0.29, 0.717) is 26.4 Å². The van der Waals surface area contributed by atoms with Gasteiger partial charge < -0.3 is 19.0 Å². The van der Waals surface area contributed by atoms with Gasteiger partial charge in [0.25, 0.3) is 0 Å². The number of methoxy groups -OCH3 is 1. The molecular weight excluding hydrogens is 364 g/mol. The third kappa shape index (κ3) is 6.76. The second kappa shape index (κ2) is 11.7. The maximum atomic E-state index is 5.62. The number of morpholine rings is 1. The molecule has 7 heteroatoms. The molecule has 27 heavy (non-hydrogen) atoms. The summed E-state index contributed by atoms with van der Waals surface area (Å²) in [6, 6.07) is 8.48. The predicted molar refractivity (Wildman–Crippen MR) is 110 cm³/mol. The summed E-state index contributed by atoms with van der Waals surface area (Å²) in [5.41, 5.74) is 1.74. The topological polar surface area (TPSA) is 52.5 Å². The van der Waals surface area contributed by atoms with Crippen LogP contribution in [0, 0.1) is 0 Å². The quantitative estimate of drug-likeness (QED) is 0.248. The summed E-state index contributed by atoms with van der Waals surface area (Å²) in [6.45, 7) is 9.69. The summed E-state index contributed by atoms with van der Waals surface area (Å²) >= 11 is 1.73. The van der Waals surface area contributed by atoms with Gasteiger partial charge in [0.2, 0.25) is 0 Å². The van der Waals surface area contributed by atoms with E-state index in [1.54, 1.807) is 18.9 Å². The molecule has 0 bridgehead atoms. The zero-order valence-corrected chi connectivity index (χ0v) is 17.7. The largest absolute Gasteiger partial charge is 0.393 e. The molecule has 0 spiro atoms. The Morgan fingerprint density at radius 3 is 2.41 bits per heavy atom. The smallest absolute Gasteiger partial charge is 0.140 e. The number of benzene rings is 1. The van der Waals surface area contributed by atoms with E-state index in [1.807, 2.05) is 0 Å². The van der Waals surface area contributed by atoms with Gasteiger partial charge in [-0.2, -0.15) is 0 Å². The van der Waals surface area contributed by atoms with Crippen molar-refractivity contribution in [2.24, 2.45) is 5.16 Å². The van der Waals surface area contributed by atoms with Crippen LogP contribution in [0.3, 0.4) is 0 Å². The highest BCUT2D eigenvalue weighted by Gasteiger charge is 2.35. The number of hydrogen-bond donors (Lipinski definition) is 0. The third-order valence-corrected chi connectivity index (χ3v) is 5.39. The Hall–Kier alpha value is -1.12. The van der Waals surface area contributed by atoms with Gasteiger partial charge in [0.1, 0.15) is 12.3 Å². The van der Waals surface area contributed by atoms with E-state index in [4.69, 9.17) is 19.0 Å². The fourth-order valence-electron chi connectivity index (χ4n) is 2.99. The van der Waals surface area contributed by atoms with Crippen LogP contribution in [0.1, 0.15) is 19.4 Å². The molecule has 152 valence electrons. The van der Waals surface area contributed by atoms with Crippen molar-refractivity contribution in [2.45, 2.75) is 24.3 Å². The molecule has 0 aromatic heterocycles. The zero-order valence-electron chi connectivity index (χ0n) is 16.9. The lowest BCUT2D eigenvalue weighted by atomic mass is 9.90. The van der Waals surface area contributed by atoms with E-state index >= 15 is 0 Å². The Balaban J connectivity index is 2.10. The normalized spacial score (nSPS) is 16.5. The average molecular weight is 397 g/mol. The van der Waals surface area contributed by atoms with Crippen molar-refractivity contribution in [2.75, 3.05) is 66.1 Å². The minimum atomic E-state index is -0.262. The lowest BCUT2D eigenvalue weighted by molar-refractivity contribution is 0.00654. The lowest BCUT2D eigenvalue weighted by Crippen LogP contribution is -2.54. The number of rotatable bonds is 11. The molecule has 2 rings (SSSR count). The minimum Gasteiger partial charge on any atom is -0.393 e. The monoisotopic (exact) mass is 396 g/mol. The molecular formula is C20H32N2O4S. The first-order chi connectivity index (χ1) is 13.1. The predicted octanol–water partition coefficient (Wildman–Crippen LogP) is 2.90. The van der Waals surface area contributed by atoms with E-state index in [2.05, 4.69) is 54.4 Å². The summed E-state index contributed by atoms with van der Waals surface area (Å²) < 4.78 is 15.9. The number of ether oxygens (including phenoxy) is 3. The fraction of sp³-hybridized carbons (Fsp3) is 0.650. The van der Waals surface area contributed by atoms with Gasteiger partial charge in [-0.3, -0.25) is 4.90 Å². The second-order valence-electron chi connectivity index (χ2n) is 6.77. The van der Waals surface area contributed by atoms with Crippen molar-refractivity contribution in [3.63, 3.8) is 0 Å². The molecule has 0 saturated carbocycles. The van der Waals surface area contributed by atoms with Crippen LogP contribution in [0.4, 0.5) is 0 Å². The molecule has 1 aromatic carbocycles. The summed E-state index contributed by atoms with van der Waals surface area (Å²) in [4.78, 5) is 9.25. The Bertz CT molecular complexity index is 572. The SMILES string of the molecule is COCCOCCO/N=C(\c1ccc(SC)cc1)C(C)(C)N1CCOCC1. The Kier molecular flexibility index (Phi) is 9.58. The highest BCUT2D eigenvalue weighted by atomic mass is 32.2. The number of hydrogen-bond acceptors (Lipinski definition) is 7. The van der Waals surface area contributed by atoms with E-state index in [9.17, 15) is 0 Å². The molecule has 6 nitrogen and oxygen atoms in total. The molecule has 0 radical (unpaired) electrons. The standard InChI is InChI=1S/C20H32N2O4S/c1-20(2,22-9-11-24-12-10-22)19(17-5-7-18(27-4)8-6-17)21-26-16-15-25-14-13-23-3/h5-8H,9-16H2,1-4H3/b21-19+. The van der Waals surface area contributed by atoms with Gasteiger partial charge in [-0.1, -0.05) is 17.3 Å². The summed E-state index contributed by atoms with van der Waals surface area (Å²) in [6.07, 6.45) is 2.08. The van der Waals surface area contributed by atoms with Crippen molar-refractivity contribution in [3.8, 4) is 0 Å². The second-order valence-corrected chi connectivity index (χ2v) is 7.64. The number of thioether (sulfide) groups is 1. The van der Waals surface area contributed by atoms with Crippen LogP contribution in [0.2, 0.25) is 0 Å². The van der Waals surface area contributed by atoms with Crippen molar-refractivity contribution in [3.05, 3.63) is 29.8 Å². The summed E-state index contributed by atoms with van der Waals surface area (Å²) in [7, 11) is 1.66. The van der Waals surface area contributed by atoms with Crippen LogP contribution in [-0.4, -0.2) is 82.2 Å². The number of nitrogens with zero attached hydrogens (tertiary/aromatic N) is 2. The van der Waals surface area contributed by atoms with Gasteiger partial charge in [0.05, 0.1) is 38.6 Å². The fourth-order valence-corrected chi connectivity index (χ4v) is 3.40. The first-order valence-electron chi connectivity index (χ1n) is 9.34. The van der Waals surface area contributed by atoms with Gasteiger partial charge in [0.15, 0.2) is 0 Å². The Morgan fingerprint density at radius 2 is 1.78 bits per heavy atom. The highest BCUT2D eigenvalue weighted by Crippen LogP contribution is 2.24. The van der Waals surface area contributed by atoms with Crippen LogP contribution >= 0.6 is 11.8 Å². The molecule has 0 aliphatic carbocycles. The Morgan fingerprint density at radius 1 is 1.11 bits per heavy atom. The lowest BCUT2D eigenvalue weighted by Gasteiger charge is -2.41. The third-order valence-electron chi connectivity index (χ3n) is 4.65. The summed E-state index contributed by atoms with van der Waals surface area (Å²) in [5, 5.41) is 4.53. The van der Waals surface area contributed by atoms with E-state index in [0.717, 1.165) is 37.6 Å². The van der Waals surface area contributed by atoms with E-state index in [1.165, 1.54) is 4.90 Å². The number of oxime groups is 1. The first-order valence-corrected chi connectivity index (χ1v) is 10.6. The Labute approximate surface area is 167 Å². The van der Waals surface area contributed by atoms with Crippen LogP contribution in [-0.2, 0) is 19.0 Å². The molecule has 0 amide bonds. The van der Waals surface area contributed by atoms with Crippen molar-refractivity contribution in [1.82, 2.24) is 4.90 Å². The minimum absolute atomic E-state index is 0.262. The maximum Gasteiger partial charge on any atom is 0.140 e. The molecule has 1 aliphatic rings. The molecule has 1 saturated heterocycles. The van der Waals surface area contributed by atoms with Crippen molar-refractivity contribution >= 4 is 17.5 Å². The van der Waals surface area contributed by atoms with Crippen LogP contribution in [0.25, 0.3) is 0 Å². The molecule has 1 aromatic rings. The van der Waals surface area contributed by atoms with Gasteiger partial charge in [-0.25, -0.2) is 0 Å². The van der Waals surface area contributed by atoms with E-state index in [-0.39, 0.29) is 5.54 Å². The molecule has 1 fully saturated rings. The van der Waals surface area contributed by atoms with Gasteiger partial charge in [-0.05, 0) is 32.2 Å². The molecule has 0 atom stereocenters. The van der Waals surface area contributed by atoms with Gasteiger partial charge in [-0.15, -0.1) is 11.8 Å². The van der Waals surface area contributed by atoms with Crippen molar-refractivity contribution in [1.29, 1.82) is 0 Å². The average Bonchev–Trinajstić information content (AvgIpc) is 2.71. The van der Waals surface area contributed by atoms with Gasteiger partial charge >= 0.3 is 0 Å². The zero-order chi connectivity index (χ0) is 19.5. The molecule has 0 N–H and O–H groups in total. The molecule has 1 heterocycles. The summed E-state index contributed by atoms with van der Waals surface area (Å²) in [5.74, 6) is 0. The first kappa shape index (κ1) is 22.2. The molecule has 1 aliphatic heterocycles.